The number of hydrogen-bond acceptors (Lipinski definition) is 3. The fourth-order valence-electron chi connectivity index (χ4n) is 1.65. The Kier molecular flexibility index (Phi) is 6.97. The van der Waals surface area contributed by atoms with Crippen molar-refractivity contribution in [1.29, 1.82) is 0 Å². The highest BCUT2D eigenvalue weighted by molar-refractivity contribution is 5.75. The Hall–Kier alpha value is -1.55. The Bertz CT molecular complexity index is 391. The molecule has 0 bridgehead atoms. The minimum absolute atomic E-state index is 0.0631. The smallest absolute Gasteiger partial charge is 0.220 e. The van der Waals surface area contributed by atoms with Crippen molar-refractivity contribution in [3.63, 3.8) is 0 Å². The largest absolute Gasteiger partial charge is 0.493 e. The molecule has 0 spiro atoms. The second-order valence-corrected chi connectivity index (χ2v) is 4.83. The zero-order chi connectivity index (χ0) is 14.1. The number of amides is 1. The Morgan fingerprint density at radius 1 is 1.42 bits per heavy atom. The van der Waals surface area contributed by atoms with Crippen molar-refractivity contribution in [3.8, 4) is 5.75 Å². The van der Waals surface area contributed by atoms with Gasteiger partial charge in [0.15, 0.2) is 0 Å². The van der Waals surface area contributed by atoms with Crippen LogP contribution >= 0.6 is 0 Å². The van der Waals surface area contributed by atoms with E-state index in [2.05, 4.69) is 5.32 Å². The van der Waals surface area contributed by atoms with Gasteiger partial charge >= 0.3 is 0 Å². The van der Waals surface area contributed by atoms with Crippen molar-refractivity contribution >= 4 is 5.91 Å². The van der Waals surface area contributed by atoms with Gasteiger partial charge in [-0.1, -0.05) is 18.2 Å². The standard InChI is InChI=1S/C15H24N2O2/c1-12-6-3-4-7-14(12)19-11-5-10-17-15(18)9-8-13(2)16/h3-4,6-7,13H,5,8-11,16H2,1-2H3,(H,17,18). The van der Waals surface area contributed by atoms with Crippen molar-refractivity contribution in [2.24, 2.45) is 5.73 Å². The zero-order valence-electron chi connectivity index (χ0n) is 11.8. The van der Waals surface area contributed by atoms with Crippen LogP contribution < -0.4 is 15.8 Å². The van der Waals surface area contributed by atoms with E-state index in [-0.39, 0.29) is 11.9 Å². The van der Waals surface area contributed by atoms with Crippen molar-refractivity contribution in [1.82, 2.24) is 5.32 Å². The average molecular weight is 264 g/mol. The molecular weight excluding hydrogens is 240 g/mol. The first-order valence-electron chi connectivity index (χ1n) is 6.80. The summed E-state index contributed by atoms with van der Waals surface area (Å²) < 4.78 is 5.65. The lowest BCUT2D eigenvalue weighted by molar-refractivity contribution is -0.121. The fourth-order valence-corrected chi connectivity index (χ4v) is 1.65. The minimum Gasteiger partial charge on any atom is -0.493 e. The molecule has 0 saturated carbocycles. The van der Waals surface area contributed by atoms with E-state index in [1.54, 1.807) is 0 Å². The maximum absolute atomic E-state index is 11.4. The average Bonchev–Trinajstić information content (AvgIpc) is 2.38. The summed E-state index contributed by atoms with van der Waals surface area (Å²) in [5.41, 5.74) is 6.72. The third-order valence-electron chi connectivity index (χ3n) is 2.82. The first kappa shape index (κ1) is 15.5. The summed E-state index contributed by atoms with van der Waals surface area (Å²) in [6.07, 6.45) is 2.03. The summed E-state index contributed by atoms with van der Waals surface area (Å²) >= 11 is 0. The molecule has 3 N–H and O–H groups in total. The van der Waals surface area contributed by atoms with E-state index < -0.39 is 0 Å². The molecule has 0 heterocycles. The monoisotopic (exact) mass is 264 g/mol. The zero-order valence-corrected chi connectivity index (χ0v) is 11.8. The predicted molar refractivity (Wildman–Crippen MR) is 77.2 cm³/mol. The Labute approximate surface area is 115 Å². The minimum atomic E-state index is 0.0631. The number of ether oxygens (including phenoxy) is 1. The summed E-state index contributed by atoms with van der Waals surface area (Å²) in [5, 5.41) is 2.86. The maximum Gasteiger partial charge on any atom is 0.220 e. The van der Waals surface area contributed by atoms with Crippen molar-refractivity contribution in [2.45, 2.75) is 39.2 Å². The molecule has 0 fully saturated rings. The van der Waals surface area contributed by atoms with Gasteiger partial charge < -0.3 is 15.8 Å². The van der Waals surface area contributed by atoms with E-state index in [0.717, 1.165) is 24.2 Å². The summed E-state index contributed by atoms with van der Waals surface area (Å²) in [5.74, 6) is 0.971. The van der Waals surface area contributed by atoms with Crippen LogP contribution in [-0.4, -0.2) is 25.1 Å². The van der Waals surface area contributed by atoms with Gasteiger partial charge in [0, 0.05) is 19.0 Å². The lowest BCUT2D eigenvalue weighted by Gasteiger charge is -2.09. The van der Waals surface area contributed by atoms with Gasteiger partial charge in [-0.2, -0.15) is 0 Å². The number of carbonyl (C=O) groups is 1. The lowest BCUT2D eigenvalue weighted by atomic mass is 10.2. The molecular formula is C15H24N2O2. The SMILES string of the molecule is Cc1ccccc1OCCCNC(=O)CCC(C)N. The van der Waals surface area contributed by atoms with Gasteiger partial charge in [-0.15, -0.1) is 0 Å². The van der Waals surface area contributed by atoms with Crippen LogP contribution in [-0.2, 0) is 4.79 Å². The topological polar surface area (TPSA) is 64.3 Å². The highest BCUT2D eigenvalue weighted by Crippen LogP contribution is 2.15. The third-order valence-corrected chi connectivity index (χ3v) is 2.82. The number of para-hydroxylation sites is 1. The highest BCUT2D eigenvalue weighted by Gasteiger charge is 2.03. The predicted octanol–water partition coefficient (Wildman–Crippen LogP) is 2.01. The van der Waals surface area contributed by atoms with Gasteiger partial charge in [0.05, 0.1) is 6.61 Å². The van der Waals surface area contributed by atoms with Crippen LogP contribution in [0.4, 0.5) is 0 Å². The molecule has 1 aromatic carbocycles. The number of carbonyl (C=O) groups excluding carboxylic acids is 1. The summed E-state index contributed by atoms with van der Waals surface area (Å²) in [6.45, 7) is 5.18. The summed E-state index contributed by atoms with van der Waals surface area (Å²) in [6, 6.07) is 8.00. The van der Waals surface area contributed by atoms with Crippen LogP contribution in [0.25, 0.3) is 0 Å². The first-order chi connectivity index (χ1) is 9.09. The summed E-state index contributed by atoms with van der Waals surface area (Å²) in [4.78, 5) is 11.4. The molecule has 0 aliphatic carbocycles. The molecule has 0 aliphatic rings. The van der Waals surface area contributed by atoms with Gasteiger partial charge in [-0.05, 0) is 38.3 Å². The number of aryl methyl sites for hydroxylation is 1. The third kappa shape index (κ3) is 6.82. The van der Waals surface area contributed by atoms with Crippen molar-refractivity contribution in [2.75, 3.05) is 13.2 Å². The van der Waals surface area contributed by atoms with E-state index in [0.29, 0.717) is 19.6 Å². The maximum atomic E-state index is 11.4. The molecule has 1 aromatic rings. The summed E-state index contributed by atoms with van der Waals surface area (Å²) in [7, 11) is 0. The number of nitrogens with one attached hydrogen (secondary N) is 1. The molecule has 1 amide bonds. The molecule has 19 heavy (non-hydrogen) atoms. The number of nitrogens with two attached hydrogens (primary N) is 1. The van der Waals surface area contributed by atoms with E-state index in [4.69, 9.17) is 10.5 Å². The molecule has 0 radical (unpaired) electrons. The Morgan fingerprint density at radius 3 is 2.84 bits per heavy atom. The van der Waals surface area contributed by atoms with Gasteiger partial charge in [0.1, 0.15) is 5.75 Å². The van der Waals surface area contributed by atoms with Crippen LogP contribution in [0.5, 0.6) is 5.75 Å². The van der Waals surface area contributed by atoms with Crippen molar-refractivity contribution < 1.29 is 9.53 Å². The van der Waals surface area contributed by atoms with Gasteiger partial charge in [-0.3, -0.25) is 4.79 Å². The van der Waals surface area contributed by atoms with Gasteiger partial charge in [0.2, 0.25) is 5.91 Å². The highest BCUT2D eigenvalue weighted by atomic mass is 16.5. The number of rotatable bonds is 8. The van der Waals surface area contributed by atoms with Gasteiger partial charge in [0.25, 0.3) is 0 Å². The molecule has 106 valence electrons. The molecule has 1 atom stereocenters. The van der Waals surface area contributed by atoms with Crippen LogP contribution in [0, 0.1) is 6.92 Å². The van der Waals surface area contributed by atoms with Crippen LogP contribution in [0.3, 0.4) is 0 Å². The van der Waals surface area contributed by atoms with E-state index in [1.807, 2.05) is 38.1 Å². The number of benzene rings is 1. The van der Waals surface area contributed by atoms with E-state index in [9.17, 15) is 4.79 Å². The van der Waals surface area contributed by atoms with Crippen molar-refractivity contribution in [3.05, 3.63) is 29.8 Å². The van der Waals surface area contributed by atoms with Crippen LogP contribution in [0.2, 0.25) is 0 Å². The van der Waals surface area contributed by atoms with Gasteiger partial charge in [-0.25, -0.2) is 0 Å². The molecule has 0 aliphatic heterocycles. The first-order valence-corrected chi connectivity index (χ1v) is 6.80. The lowest BCUT2D eigenvalue weighted by Crippen LogP contribution is -2.27. The Balaban J connectivity index is 2.08. The number of hydrogen-bond donors (Lipinski definition) is 2. The normalized spacial score (nSPS) is 11.9. The molecule has 0 saturated heterocycles. The van der Waals surface area contributed by atoms with Crippen LogP contribution in [0.15, 0.2) is 24.3 Å². The van der Waals surface area contributed by atoms with E-state index >= 15 is 0 Å². The Morgan fingerprint density at radius 2 is 2.16 bits per heavy atom. The molecule has 1 rings (SSSR count). The quantitative estimate of drug-likeness (QED) is 0.706. The molecule has 0 aromatic heterocycles. The second kappa shape index (κ2) is 8.53. The molecule has 1 unspecified atom stereocenters. The fraction of sp³-hybridized carbons (Fsp3) is 0.533. The molecule has 4 nitrogen and oxygen atoms in total. The molecule has 4 heteroatoms. The second-order valence-electron chi connectivity index (χ2n) is 4.83. The van der Waals surface area contributed by atoms with E-state index in [1.165, 1.54) is 0 Å². The van der Waals surface area contributed by atoms with Crippen LogP contribution in [0.1, 0.15) is 31.7 Å².